The Morgan fingerprint density at radius 1 is 1.29 bits per heavy atom. The van der Waals surface area contributed by atoms with Crippen molar-refractivity contribution in [3.05, 3.63) is 0 Å². The zero-order valence-electron chi connectivity index (χ0n) is 4.38. The van der Waals surface area contributed by atoms with Gasteiger partial charge in [0, 0.05) is 14.2 Å². The maximum absolute atomic E-state index is 9.88. The molecule has 0 bridgehead atoms. The molecule has 7 heavy (non-hydrogen) atoms. The third kappa shape index (κ3) is 6.93. The van der Waals surface area contributed by atoms with E-state index in [9.17, 15) is 4.89 Å². The van der Waals surface area contributed by atoms with Crippen LogP contribution >= 0.6 is 8.60 Å². The monoisotopic (exact) mass is 173 g/mol. The molecule has 0 unspecified atom stereocenters. The summed E-state index contributed by atoms with van der Waals surface area (Å²) in [6.45, 7) is 0. The third-order valence-corrected chi connectivity index (χ3v) is 0.894. The number of rotatable bonds is 2. The van der Waals surface area contributed by atoms with Crippen LogP contribution in [0.4, 0.5) is 0 Å². The summed E-state index contributed by atoms with van der Waals surface area (Å²) in [6, 6.07) is 0. The molecule has 0 aromatic rings. The van der Waals surface area contributed by atoms with E-state index in [0.717, 1.165) is 0 Å². The Kier molecular flexibility index (Phi) is 10.7. The van der Waals surface area contributed by atoms with Gasteiger partial charge in [-0.05, 0) is 0 Å². The Morgan fingerprint density at radius 3 is 1.57 bits per heavy atom. The Bertz CT molecular complexity index is 32.1. The van der Waals surface area contributed by atoms with Gasteiger partial charge in [0.2, 0.25) is 0 Å². The molecule has 0 rings (SSSR count). The molecule has 0 fully saturated rings. The molecule has 39 valence electrons. The van der Waals surface area contributed by atoms with Crippen molar-refractivity contribution in [2.24, 2.45) is 0 Å². The van der Waals surface area contributed by atoms with Crippen LogP contribution < -0.4 is 4.89 Å². The van der Waals surface area contributed by atoms with Crippen LogP contribution in [-0.2, 0) is 28.5 Å². The molecule has 0 saturated carbocycles. The minimum atomic E-state index is -1.83. The zero-order valence-corrected chi connectivity index (χ0v) is 8.24. The molecule has 0 aliphatic heterocycles. The fourth-order valence-electron chi connectivity index (χ4n) is 0.0745. The van der Waals surface area contributed by atoms with Gasteiger partial charge in [0.05, 0.1) is 8.60 Å². The van der Waals surface area contributed by atoms with Crippen LogP contribution in [0.3, 0.4) is 0 Å². The van der Waals surface area contributed by atoms with E-state index >= 15 is 0 Å². The minimum Gasteiger partial charge on any atom is -0.786 e. The topological polar surface area (TPSA) is 41.5 Å². The van der Waals surface area contributed by atoms with Crippen LogP contribution in [-0.4, -0.2) is 14.2 Å². The Morgan fingerprint density at radius 2 is 1.57 bits per heavy atom. The Labute approximate surface area is 56.8 Å². The molecule has 0 N–H and O–H groups in total. The average molecular weight is 174 g/mol. The maximum atomic E-state index is 9.88. The third-order valence-electron chi connectivity index (χ3n) is 0.298. The zero-order chi connectivity index (χ0) is 4.99. The smallest absolute Gasteiger partial charge is 0.786 e. The minimum absolute atomic E-state index is 0. The van der Waals surface area contributed by atoms with E-state index in [0.29, 0.717) is 0 Å². The largest absolute Gasteiger partial charge is 1.00 e. The Hall–Kier alpha value is 0.933. The predicted molar refractivity (Wildman–Crippen MR) is 20.9 cm³/mol. The standard InChI is InChI=1S/C2H6O3P.Zn/c1-4-6(3)5-2;/h1-2H3;/q-1;+1. The molecule has 0 aliphatic rings. The van der Waals surface area contributed by atoms with Crippen molar-refractivity contribution >= 4 is 8.60 Å². The molecule has 0 aliphatic carbocycles. The van der Waals surface area contributed by atoms with Gasteiger partial charge in [-0.25, -0.2) is 0 Å². The van der Waals surface area contributed by atoms with Gasteiger partial charge in [-0.15, -0.1) is 0 Å². The molecule has 0 aromatic heterocycles. The van der Waals surface area contributed by atoms with E-state index in [4.69, 9.17) is 0 Å². The summed E-state index contributed by atoms with van der Waals surface area (Å²) < 4.78 is 8.37. The van der Waals surface area contributed by atoms with Crippen LogP contribution in [0.2, 0.25) is 0 Å². The van der Waals surface area contributed by atoms with Crippen LogP contribution in [0.1, 0.15) is 0 Å². The van der Waals surface area contributed by atoms with Gasteiger partial charge >= 0.3 is 19.5 Å². The first-order valence-electron chi connectivity index (χ1n) is 1.36. The van der Waals surface area contributed by atoms with Crippen molar-refractivity contribution in [3.63, 3.8) is 0 Å². The Balaban J connectivity index is 0. The van der Waals surface area contributed by atoms with Crippen molar-refractivity contribution < 1.29 is 33.4 Å². The average Bonchev–Trinajstić information content (AvgIpc) is 1.65. The molecule has 0 spiro atoms. The number of hydrogen-bond donors (Lipinski definition) is 0. The SMILES string of the molecule is COP([O-])OC.[Zn+]. The summed E-state index contributed by atoms with van der Waals surface area (Å²) in [5, 5.41) is 0. The van der Waals surface area contributed by atoms with E-state index in [1.54, 1.807) is 0 Å². The summed E-state index contributed by atoms with van der Waals surface area (Å²) in [4.78, 5) is 9.88. The van der Waals surface area contributed by atoms with Crippen molar-refractivity contribution in [1.82, 2.24) is 0 Å². The summed E-state index contributed by atoms with van der Waals surface area (Å²) in [7, 11) is 0.817. The van der Waals surface area contributed by atoms with Gasteiger partial charge in [-0.2, -0.15) is 0 Å². The maximum Gasteiger partial charge on any atom is 1.00 e. The van der Waals surface area contributed by atoms with E-state index in [2.05, 4.69) is 9.05 Å². The first-order valence-corrected chi connectivity index (χ1v) is 2.46. The second-order valence-corrected chi connectivity index (χ2v) is 1.77. The van der Waals surface area contributed by atoms with Gasteiger partial charge in [-0.1, -0.05) is 0 Å². The first kappa shape index (κ1) is 10.8. The fourth-order valence-corrected chi connectivity index (χ4v) is 0.224. The summed E-state index contributed by atoms with van der Waals surface area (Å²) >= 11 is 0. The van der Waals surface area contributed by atoms with E-state index in [1.165, 1.54) is 14.2 Å². The molecular weight excluding hydrogens is 168 g/mol. The van der Waals surface area contributed by atoms with Gasteiger partial charge in [0.15, 0.2) is 0 Å². The summed E-state index contributed by atoms with van der Waals surface area (Å²) in [5.41, 5.74) is 0. The molecule has 3 nitrogen and oxygen atoms in total. The van der Waals surface area contributed by atoms with Crippen LogP contribution in [0.25, 0.3) is 0 Å². The van der Waals surface area contributed by atoms with Crippen molar-refractivity contribution in [1.29, 1.82) is 0 Å². The molecule has 5 heteroatoms. The molecule has 0 atom stereocenters. The van der Waals surface area contributed by atoms with E-state index in [-0.39, 0.29) is 19.5 Å². The van der Waals surface area contributed by atoms with Crippen LogP contribution in [0, 0.1) is 0 Å². The normalized spacial score (nSPS) is 8.57. The van der Waals surface area contributed by atoms with Crippen molar-refractivity contribution in [3.8, 4) is 0 Å². The van der Waals surface area contributed by atoms with Gasteiger partial charge in [-0.3, -0.25) is 0 Å². The molecule has 0 aromatic carbocycles. The molecule has 0 heterocycles. The summed E-state index contributed by atoms with van der Waals surface area (Å²) in [6.07, 6.45) is 0. The summed E-state index contributed by atoms with van der Waals surface area (Å²) in [5.74, 6) is 0. The predicted octanol–water partition coefficient (Wildman–Crippen LogP) is -0.136. The fraction of sp³-hybridized carbons (Fsp3) is 1.00. The first-order chi connectivity index (χ1) is 2.81. The van der Waals surface area contributed by atoms with Crippen molar-refractivity contribution in [2.45, 2.75) is 0 Å². The molecule has 0 saturated heterocycles. The molecular formula is C2H6O3PZn. The molecule has 1 radical (unpaired) electrons. The van der Waals surface area contributed by atoms with Crippen molar-refractivity contribution in [2.75, 3.05) is 14.2 Å². The number of hydrogen-bond acceptors (Lipinski definition) is 3. The van der Waals surface area contributed by atoms with E-state index in [1.807, 2.05) is 0 Å². The van der Waals surface area contributed by atoms with Crippen LogP contribution in [0.15, 0.2) is 0 Å². The quantitative estimate of drug-likeness (QED) is 0.432. The second-order valence-electron chi connectivity index (χ2n) is 0.589. The molecule has 0 amide bonds. The van der Waals surface area contributed by atoms with Gasteiger partial charge in [0.25, 0.3) is 0 Å². The van der Waals surface area contributed by atoms with E-state index < -0.39 is 8.60 Å². The van der Waals surface area contributed by atoms with Gasteiger partial charge in [0.1, 0.15) is 0 Å². The van der Waals surface area contributed by atoms with Gasteiger partial charge < -0.3 is 13.9 Å². The van der Waals surface area contributed by atoms with Crippen LogP contribution in [0.5, 0.6) is 0 Å². The second kappa shape index (κ2) is 6.93.